The van der Waals surface area contributed by atoms with Crippen LogP contribution in [-0.2, 0) is 7.05 Å². The van der Waals surface area contributed by atoms with E-state index in [9.17, 15) is 9.59 Å². The molecule has 0 unspecified atom stereocenters. The van der Waals surface area contributed by atoms with E-state index in [1.807, 2.05) is 35.0 Å². The number of rotatable bonds is 5. The number of anilines is 1. The van der Waals surface area contributed by atoms with Crippen molar-refractivity contribution >= 4 is 17.4 Å². The number of hydrogen-bond acceptors (Lipinski definition) is 7. The number of nitrogens with one attached hydrogen (secondary N) is 1. The number of pyridine rings is 3. The van der Waals surface area contributed by atoms with Gasteiger partial charge in [-0.05, 0) is 37.3 Å². The van der Waals surface area contributed by atoms with Gasteiger partial charge in [0.1, 0.15) is 34.4 Å². The standard InChI is InChI=1S/C24H19N7O3/c1-15-27-14-19(24(33)30(15)2)23(32)29-21-4-3-18(13-28-21)34-17-5-7-25-20(12-17)16-6-9-31-10-8-26-22(31)11-16/h3-14H,1-2H3,(H,28,29,32). The molecule has 0 aliphatic rings. The van der Waals surface area contributed by atoms with Gasteiger partial charge in [0.15, 0.2) is 0 Å². The minimum atomic E-state index is -0.581. The van der Waals surface area contributed by atoms with Gasteiger partial charge < -0.3 is 14.5 Å². The van der Waals surface area contributed by atoms with Gasteiger partial charge in [0.2, 0.25) is 0 Å². The highest BCUT2D eigenvalue weighted by molar-refractivity contribution is 6.03. The Morgan fingerprint density at radius 1 is 0.941 bits per heavy atom. The van der Waals surface area contributed by atoms with E-state index in [1.54, 1.807) is 44.6 Å². The zero-order chi connectivity index (χ0) is 23.7. The molecular formula is C24H19N7O3. The third kappa shape index (κ3) is 4.11. The number of aromatic nitrogens is 6. The lowest BCUT2D eigenvalue weighted by Crippen LogP contribution is -2.29. The molecular weight excluding hydrogens is 434 g/mol. The fraction of sp³-hybridized carbons (Fsp3) is 0.0833. The highest BCUT2D eigenvalue weighted by Crippen LogP contribution is 2.26. The lowest BCUT2D eigenvalue weighted by molar-refractivity contribution is 0.102. The van der Waals surface area contributed by atoms with Crippen molar-refractivity contribution in [2.24, 2.45) is 7.05 Å². The molecule has 0 saturated heterocycles. The van der Waals surface area contributed by atoms with Crippen LogP contribution in [-0.4, -0.2) is 34.8 Å². The van der Waals surface area contributed by atoms with Crippen molar-refractivity contribution in [1.29, 1.82) is 0 Å². The van der Waals surface area contributed by atoms with Crippen LogP contribution in [0.5, 0.6) is 11.5 Å². The average Bonchev–Trinajstić information content (AvgIpc) is 3.32. The summed E-state index contributed by atoms with van der Waals surface area (Å²) in [6, 6.07) is 10.7. The molecule has 34 heavy (non-hydrogen) atoms. The van der Waals surface area contributed by atoms with Crippen LogP contribution in [0.15, 0.2) is 78.4 Å². The zero-order valence-electron chi connectivity index (χ0n) is 18.3. The Morgan fingerprint density at radius 2 is 1.82 bits per heavy atom. The first-order valence-electron chi connectivity index (χ1n) is 10.3. The van der Waals surface area contributed by atoms with Crippen molar-refractivity contribution in [3.05, 3.63) is 95.3 Å². The number of aryl methyl sites for hydroxylation is 1. The summed E-state index contributed by atoms with van der Waals surface area (Å²) in [4.78, 5) is 41.7. The molecule has 0 aliphatic carbocycles. The Kier molecular flexibility index (Phi) is 5.30. The monoisotopic (exact) mass is 453 g/mol. The summed E-state index contributed by atoms with van der Waals surface area (Å²) in [5.41, 5.74) is 2.00. The van der Waals surface area contributed by atoms with Gasteiger partial charge in [0.05, 0.1) is 11.9 Å². The Balaban J connectivity index is 1.30. The Labute approximate surface area is 193 Å². The number of nitrogens with zero attached hydrogens (tertiary/aromatic N) is 6. The predicted molar refractivity (Wildman–Crippen MR) is 125 cm³/mol. The molecule has 0 aromatic carbocycles. The lowest BCUT2D eigenvalue weighted by Gasteiger charge is -2.09. The third-order valence-electron chi connectivity index (χ3n) is 5.28. The molecule has 0 bridgehead atoms. The maximum Gasteiger partial charge on any atom is 0.266 e. The number of amides is 1. The Morgan fingerprint density at radius 3 is 2.65 bits per heavy atom. The first kappa shape index (κ1) is 21.0. The molecule has 5 heterocycles. The van der Waals surface area contributed by atoms with Gasteiger partial charge in [-0.25, -0.2) is 15.0 Å². The molecule has 1 N–H and O–H groups in total. The van der Waals surface area contributed by atoms with E-state index in [-0.39, 0.29) is 11.4 Å². The minimum absolute atomic E-state index is 0.0620. The van der Waals surface area contributed by atoms with Crippen LogP contribution in [0, 0.1) is 6.92 Å². The lowest BCUT2D eigenvalue weighted by atomic mass is 10.2. The number of imidazole rings is 1. The van der Waals surface area contributed by atoms with Crippen LogP contribution in [0.25, 0.3) is 16.9 Å². The number of hydrogen-bond donors (Lipinski definition) is 1. The van der Waals surface area contributed by atoms with E-state index >= 15 is 0 Å². The average molecular weight is 453 g/mol. The minimum Gasteiger partial charge on any atom is -0.456 e. The molecule has 5 aromatic rings. The summed E-state index contributed by atoms with van der Waals surface area (Å²) in [6.07, 6.45) is 9.95. The normalized spacial score (nSPS) is 10.9. The molecule has 0 atom stereocenters. The summed E-state index contributed by atoms with van der Waals surface area (Å²) in [6.45, 7) is 1.69. The molecule has 168 valence electrons. The van der Waals surface area contributed by atoms with Gasteiger partial charge in [-0.2, -0.15) is 0 Å². The number of carbonyl (C=O) groups is 1. The van der Waals surface area contributed by atoms with Gasteiger partial charge in [-0.3, -0.25) is 19.1 Å². The maximum atomic E-state index is 12.5. The van der Waals surface area contributed by atoms with Crippen molar-refractivity contribution < 1.29 is 9.53 Å². The first-order valence-corrected chi connectivity index (χ1v) is 10.3. The van der Waals surface area contributed by atoms with Crippen molar-refractivity contribution in [3.8, 4) is 22.8 Å². The number of fused-ring (bicyclic) bond motifs is 1. The highest BCUT2D eigenvalue weighted by Gasteiger charge is 2.14. The van der Waals surface area contributed by atoms with Crippen molar-refractivity contribution in [2.45, 2.75) is 6.92 Å². The second-order valence-corrected chi connectivity index (χ2v) is 7.50. The van der Waals surface area contributed by atoms with E-state index in [2.05, 4.69) is 25.3 Å². The predicted octanol–water partition coefficient (Wildman–Crippen LogP) is 3.24. The Bertz CT molecular complexity index is 1570. The van der Waals surface area contributed by atoms with Gasteiger partial charge in [0.25, 0.3) is 11.5 Å². The van der Waals surface area contributed by atoms with Crippen LogP contribution in [0.2, 0.25) is 0 Å². The van der Waals surface area contributed by atoms with Crippen LogP contribution in [0.1, 0.15) is 16.2 Å². The highest BCUT2D eigenvalue weighted by atomic mass is 16.5. The SMILES string of the molecule is Cc1ncc(C(=O)Nc2ccc(Oc3ccnc(-c4ccn5ccnc5c4)c3)cn2)c(=O)n1C. The molecule has 1 amide bonds. The summed E-state index contributed by atoms with van der Waals surface area (Å²) >= 11 is 0. The van der Waals surface area contributed by atoms with Gasteiger partial charge in [0, 0.05) is 49.7 Å². The zero-order valence-corrected chi connectivity index (χ0v) is 18.3. The van der Waals surface area contributed by atoms with Gasteiger partial charge in [-0.1, -0.05) is 0 Å². The van der Waals surface area contributed by atoms with Crippen LogP contribution >= 0.6 is 0 Å². The quantitative estimate of drug-likeness (QED) is 0.434. The van der Waals surface area contributed by atoms with Gasteiger partial charge in [-0.15, -0.1) is 0 Å². The summed E-state index contributed by atoms with van der Waals surface area (Å²) in [5.74, 6) is 1.28. The van der Waals surface area contributed by atoms with E-state index in [0.29, 0.717) is 17.3 Å². The largest absolute Gasteiger partial charge is 0.456 e. The fourth-order valence-corrected chi connectivity index (χ4v) is 3.32. The molecule has 10 heteroatoms. The molecule has 0 spiro atoms. The summed E-state index contributed by atoms with van der Waals surface area (Å²) in [5, 5.41) is 2.60. The molecule has 5 aromatic heterocycles. The molecule has 0 radical (unpaired) electrons. The van der Waals surface area contributed by atoms with E-state index in [4.69, 9.17) is 4.74 Å². The molecule has 0 aliphatic heterocycles. The molecule has 0 saturated carbocycles. The number of ether oxygens (including phenoxy) is 1. The molecule has 10 nitrogen and oxygen atoms in total. The smallest absolute Gasteiger partial charge is 0.266 e. The molecule has 0 fully saturated rings. The van der Waals surface area contributed by atoms with Crippen LogP contribution in [0.4, 0.5) is 5.82 Å². The topological polar surface area (TPSA) is 116 Å². The van der Waals surface area contributed by atoms with E-state index in [0.717, 1.165) is 16.9 Å². The van der Waals surface area contributed by atoms with Crippen molar-refractivity contribution in [2.75, 3.05) is 5.32 Å². The molecule has 5 rings (SSSR count). The summed E-state index contributed by atoms with van der Waals surface area (Å²) < 4.78 is 9.14. The maximum absolute atomic E-state index is 12.5. The van der Waals surface area contributed by atoms with E-state index in [1.165, 1.54) is 17.0 Å². The van der Waals surface area contributed by atoms with Crippen molar-refractivity contribution in [1.82, 2.24) is 28.9 Å². The summed E-state index contributed by atoms with van der Waals surface area (Å²) in [7, 11) is 1.56. The van der Waals surface area contributed by atoms with E-state index < -0.39 is 11.5 Å². The van der Waals surface area contributed by atoms with Crippen LogP contribution in [0.3, 0.4) is 0 Å². The van der Waals surface area contributed by atoms with Crippen LogP contribution < -0.4 is 15.6 Å². The fourth-order valence-electron chi connectivity index (χ4n) is 3.32. The second kappa shape index (κ2) is 8.58. The third-order valence-corrected chi connectivity index (χ3v) is 5.28. The number of carbonyl (C=O) groups excluding carboxylic acids is 1. The first-order chi connectivity index (χ1) is 16.5. The van der Waals surface area contributed by atoms with Crippen molar-refractivity contribution in [3.63, 3.8) is 0 Å². The second-order valence-electron chi connectivity index (χ2n) is 7.50. The Hall–Kier alpha value is -4.86. The van der Waals surface area contributed by atoms with Gasteiger partial charge >= 0.3 is 0 Å².